The number of hydrogen-bond donors (Lipinski definition) is 1. The Balaban J connectivity index is 2.82. The molecule has 0 amide bonds. The Morgan fingerprint density at radius 1 is 1.38 bits per heavy atom. The van der Waals surface area contributed by atoms with E-state index in [2.05, 4.69) is 4.90 Å². The first-order chi connectivity index (χ1) is 9.99. The van der Waals surface area contributed by atoms with E-state index in [1.807, 2.05) is 6.92 Å². The average Bonchev–Trinajstić information content (AvgIpc) is 2.43. The molecule has 1 rings (SSSR count). The number of methoxy groups -OCH3 is 2. The fraction of sp³-hybridized carbons (Fsp3) is 0.533. The number of carbonyl (C=O) groups is 1. The molecule has 0 aliphatic carbocycles. The maximum Gasteiger partial charge on any atom is 0.338 e. The molecule has 21 heavy (non-hydrogen) atoms. The third-order valence-corrected chi connectivity index (χ3v) is 3.26. The van der Waals surface area contributed by atoms with Gasteiger partial charge in [-0.25, -0.2) is 9.18 Å². The Morgan fingerprint density at radius 3 is 2.62 bits per heavy atom. The molecule has 6 heteroatoms. The number of ether oxygens (including phenoxy) is 2. The van der Waals surface area contributed by atoms with E-state index in [0.29, 0.717) is 26.3 Å². The molecule has 0 saturated carbocycles. The Hall–Kier alpha value is -1.50. The highest BCUT2D eigenvalue weighted by Gasteiger charge is 2.16. The van der Waals surface area contributed by atoms with Gasteiger partial charge >= 0.3 is 5.97 Å². The van der Waals surface area contributed by atoms with Gasteiger partial charge in [-0.15, -0.1) is 0 Å². The molecule has 118 valence electrons. The molecule has 0 heterocycles. The zero-order valence-electron chi connectivity index (χ0n) is 12.6. The molecule has 0 aromatic heterocycles. The minimum absolute atomic E-state index is 0.146. The molecular weight excluding hydrogens is 277 g/mol. The first-order valence-corrected chi connectivity index (χ1v) is 6.73. The van der Waals surface area contributed by atoms with Crippen LogP contribution in [0.4, 0.5) is 4.39 Å². The normalized spacial score (nSPS) is 12.6. The van der Waals surface area contributed by atoms with Gasteiger partial charge in [-0.3, -0.25) is 4.90 Å². The highest BCUT2D eigenvalue weighted by Crippen LogP contribution is 2.14. The Bertz CT molecular complexity index is 467. The Kier molecular flexibility index (Phi) is 7.28. The van der Waals surface area contributed by atoms with Crippen molar-refractivity contribution in [2.75, 3.05) is 34.0 Å². The van der Waals surface area contributed by atoms with Crippen molar-refractivity contribution in [2.24, 2.45) is 0 Å². The molecule has 0 spiro atoms. The summed E-state index contributed by atoms with van der Waals surface area (Å²) in [5, 5.41) is 8.83. The van der Waals surface area contributed by atoms with Crippen LogP contribution in [0.25, 0.3) is 0 Å². The lowest BCUT2D eigenvalue weighted by Crippen LogP contribution is -2.38. The first kappa shape index (κ1) is 17.6. The molecule has 0 fully saturated rings. The third kappa shape index (κ3) is 5.41. The van der Waals surface area contributed by atoms with Crippen LogP contribution in [-0.2, 0) is 16.0 Å². The lowest BCUT2D eigenvalue weighted by atomic mass is 10.1. The summed E-state index contributed by atoms with van der Waals surface area (Å²) in [6.45, 7) is 4.32. The minimum Gasteiger partial charge on any atom is -0.478 e. The van der Waals surface area contributed by atoms with Crippen LogP contribution in [0.3, 0.4) is 0 Å². The van der Waals surface area contributed by atoms with E-state index >= 15 is 0 Å². The van der Waals surface area contributed by atoms with Crippen LogP contribution < -0.4 is 0 Å². The smallest absolute Gasteiger partial charge is 0.338 e. The molecule has 1 aromatic rings. The number of benzene rings is 1. The van der Waals surface area contributed by atoms with Crippen molar-refractivity contribution in [3.63, 3.8) is 0 Å². The maximum atomic E-state index is 13.7. The lowest BCUT2D eigenvalue weighted by molar-refractivity contribution is 0.0690. The van der Waals surface area contributed by atoms with Gasteiger partial charge < -0.3 is 14.6 Å². The number of rotatable bonds is 9. The van der Waals surface area contributed by atoms with Crippen molar-refractivity contribution in [3.8, 4) is 0 Å². The van der Waals surface area contributed by atoms with Crippen molar-refractivity contribution < 1.29 is 23.8 Å². The quantitative estimate of drug-likeness (QED) is 0.756. The van der Waals surface area contributed by atoms with Crippen molar-refractivity contribution in [1.82, 2.24) is 4.90 Å². The van der Waals surface area contributed by atoms with Gasteiger partial charge in [0.25, 0.3) is 0 Å². The van der Waals surface area contributed by atoms with E-state index in [1.165, 1.54) is 12.1 Å². The molecule has 1 N–H and O–H groups in total. The van der Waals surface area contributed by atoms with Crippen molar-refractivity contribution >= 4 is 5.97 Å². The van der Waals surface area contributed by atoms with Gasteiger partial charge in [0.15, 0.2) is 0 Å². The monoisotopic (exact) mass is 299 g/mol. The van der Waals surface area contributed by atoms with Gasteiger partial charge in [-0.05, 0) is 24.6 Å². The van der Waals surface area contributed by atoms with Crippen molar-refractivity contribution in [1.29, 1.82) is 0 Å². The molecule has 1 aromatic carbocycles. The van der Waals surface area contributed by atoms with Gasteiger partial charge in [0.05, 0.1) is 18.8 Å². The molecule has 0 bridgehead atoms. The largest absolute Gasteiger partial charge is 0.478 e. The summed E-state index contributed by atoms with van der Waals surface area (Å²) < 4.78 is 23.9. The second-order valence-corrected chi connectivity index (χ2v) is 4.89. The summed E-state index contributed by atoms with van der Waals surface area (Å²) in [5.41, 5.74) is 0.406. The number of aromatic carboxylic acids is 1. The summed E-state index contributed by atoms with van der Waals surface area (Å²) in [4.78, 5) is 12.9. The van der Waals surface area contributed by atoms with E-state index in [-0.39, 0.29) is 11.6 Å². The van der Waals surface area contributed by atoms with Crippen LogP contribution in [0.5, 0.6) is 0 Å². The number of carboxylic acid groups (broad SMARTS) is 1. The van der Waals surface area contributed by atoms with Crippen LogP contribution in [0.2, 0.25) is 0 Å². The van der Waals surface area contributed by atoms with Crippen LogP contribution in [0.1, 0.15) is 22.8 Å². The predicted molar refractivity (Wildman–Crippen MR) is 77.0 cm³/mol. The molecule has 0 radical (unpaired) electrons. The topological polar surface area (TPSA) is 59.0 Å². The van der Waals surface area contributed by atoms with Gasteiger partial charge in [-0.1, -0.05) is 6.07 Å². The van der Waals surface area contributed by atoms with Crippen molar-refractivity contribution in [3.05, 3.63) is 35.1 Å². The number of nitrogens with zero attached hydrogens (tertiary/aromatic N) is 1. The molecule has 1 unspecified atom stereocenters. The predicted octanol–water partition coefficient (Wildman–Crippen LogP) is 2.01. The Morgan fingerprint density at radius 2 is 2.10 bits per heavy atom. The molecule has 1 atom stereocenters. The molecule has 0 saturated heterocycles. The van der Waals surface area contributed by atoms with Gasteiger partial charge in [0.1, 0.15) is 5.82 Å². The van der Waals surface area contributed by atoms with Crippen LogP contribution in [0.15, 0.2) is 18.2 Å². The summed E-state index contributed by atoms with van der Waals surface area (Å²) in [6, 6.07) is 4.34. The molecule has 5 nitrogen and oxygen atoms in total. The van der Waals surface area contributed by atoms with Crippen LogP contribution >= 0.6 is 0 Å². The van der Waals surface area contributed by atoms with Crippen molar-refractivity contribution in [2.45, 2.75) is 19.5 Å². The Labute approximate surface area is 124 Å². The van der Waals surface area contributed by atoms with Gasteiger partial charge in [0.2, 0.25) is 0 Å². The van der Waals surface area contributed by atoms with E-state index in [0.717, 1.165) is 5.56 Å². The highest BCUT2D eigenvalue weighted by atomic mass is 19.1. The van der Waals surface area contributed by atoms with E-state index in [9.17, 15) is 9.18 Å². The second kappa shape index (κ2) is 8.71. The van der Waals surface area contributed by atoms with Crippen LogP contribution in [0, 0.1) is 5.82 Å². The lowest BCUT2D eigenvalue weighted by Gasteiger charge is -2.28. The van der Waals surface area contributed by atoms with E-state index in [1.54, 1.807) is 20.3 Å². The molecular formula is C15H22FNO4. The number of carboxylic acids is 1. The molecule has 0 aliphatic heterocycles. The standard InChI is InChI=1S/C15H22FNO4/c1-11(10-21-3)17(6-7-20-2)9-12-4-5-13(15(18)19)14(16)8-12/h4-5,8,11H,6-7,9-10H2,1-3H3,(H,18,19). The molecule has 0 aliphatic rings. The zero-order chi connectivity index (χ0) is 15.8. The maximum absolute atomic E-state index is 13.7. The van der Waals surface area contributed by atoms with Gasteiger partial charge in [-0.2, -0.15) is 0 Å². The number of halogens is 1. The summed E-state index contributed by atoms with van der Waals surface area (Å²) in [5.74, 6) is -1.98. The second-order valence-electron chi connectivity index (χ2n) is 4.89. The highest BCUT2D eigenvalue weighted by molar-refractivity contribution is 5.87. The average molecular weight is 299 g/mol. The third-order valence-electron chi connectivity index (χ3n) is 3.26. The first-order valence-electron chi connectivity index (χ1n) is 6.73. The van der Waals surface area contributed by atoms with Crippen LogP contribution in [-0.4, -0.2) is 56.0 Å². The minimum atomic E-state index is -1.26. The van der Waals surface area contributed by atoms with E-state index in [4.69, 9.17) is 14.6 Å². The summed E-state index contributed by atoms with van der Waals surface area (Å²) in [7, 11) is 3.26. The van der Waals surface area contributed by atoms with Gasteiger partial charge in [0, 0.05) is 33.4 Å². The fourth-order valence-corrected chi connectivity index (χ4v) is 2.08. The fourth-order valence-electron chi connectivity index (χ4n) is 2.08. The van der Waals surface area contributed by atoms with E-state index < -0.39 is 11.8 Å². The SMILES string of the molecule is COCCN(Cc1ccc(C(=O)O)c(F)c1)C(C)COC. The zero-order valence-corrected chi connectivity index (χ0v) is 12.6. The number of hydrogen-bond acceptors (Lipinski definition) is 4. The summed E-state index contributed by atoms with van der Waals surface area (Å²) >= 11 is 0. The summed E-state index contributed by atoms with van der Waals surface area (Å²) in [6.07, 6.45) is 0.